The predicted octanol–water partition coefficient (Wildman–Crippen LogP) is 2.51. The van der Waals surface area contributed by atoms with E-state index >= 15 is 0 Å². The van der Waals surface area contributed by atoms with E-state index in [1.807, 2.05) is 0 Å². The number of ether oxygens (including phenoxy) is 2. The van der Waals surface area contributed by atoms with Crippen molar-refractivity contribution in [1.29, 1.82) is 0 Å². The Labute approximate surface area is 261 Å². The Kier molecular flexibility index (Phi) is 7.70. The smallest absolute Gasteiger partial charge is 0.410 e. The molecule has 0 aromatic heterocycles. The molecule has 13 nitrogen and oxygen atoms in total. The summed E-state index contributed by atoms with van der Waals surface area (Å²) in [6.07, 6.45) is 0.102. The van der Waals surface area contributed by atoms with E-state index in [2.05, 4.69) is 0 Å². The lowest BCUT2D eigenvalue weighted by molar-refractivity contribution is -0.125. The number of ketones is 7. The number of Topliss-reactive ketones (excluding diaryl/α,β-unsaturated/α-hetero) is 6. The van der Waals surface area contributed by atoms with Gasteiger partial charge < -0.3 is 9.47 Å². The van der Waals surface area contributed by atoms with Crippen molar-refractivity contribution in [2.75, 3.05) is 27.3 Å². The van der Waals surface area contributed by atoms with E-state index in [9.17, 15) is 43.2 Å². The quantitative estimate of drug-likeness (QED) is 0.339. The van der Waals surface area contributed by atoms with E-state index in [1.54, 1.807) is 0 Å². The zero-order valence-corrected chi connectivity index (χ0v) is 24.9. The van der Waals surface area contributed by atoms with Crippen molar-refractivity contribution in [3.05, 3.63) is 69.8 Å². The maximum atomic E-state index is 13.5. The largest absolute Gasteiger partial charge is 0.453 e. The van der Waals surface area contributed by atoms with Gasteiger partial charge in [-0.25, -0.2) is 9.59 Å². The number of hydrogen-bond donors (Lipinski definition) is 0. The summed E-state index contributed by atoms with van der Waals surface area (Å²) in [6.45, 7) is 0.500. The molecule has 236 valence electrons. The molecule has 4 atom stereocenters. The summed E-state index contributed by atoms with van der Waals surface area (Å²) < 4.78 is 9.45. The summed E-state index contributed by atoms with van der Waals surface area (Å²) in [6, 6.07) is 5.67. The molecule has 2 amide bonds. The van der Waals surface area contributed by atoms with Gasteiger partial charge in [-0.1, -0.05) is 12.1 Å². The van der Waals surface area contributed by atoms with Gasteiger partial charge in [-0.3, -0.25) is 43.4 Å². The maximum absolute atomic E-state index is 13.5. The van der Waals surface area contributed by atoms with Crippen molar-refractivity contribution in [2.45, 2.75) is 37.8 Å². The first kappa shape index (κ1) is 30.7. The fraction of sp³-hybridized carbons (Fsp3) is 0.364. The summed E-state index contributed by atoms with van der Waals surface area (Å²) in [4.78, 5) is 120. The van der Waals surface area contributed by atoms with Gasteiger partial charge in [0.1, 0.15) is 11.8 Å². The minimum atomic E-state index is -1.65. The fourth-order valence-electron chi connectivity index (χ4n) is 6.93. The summed E-state index contributed by atoms with van der Waals surface area (Å²) in [5.41, 5.74) is -0.274. The number of carbonyl (C=O) groups is 9. The molecule has 2 unspecified atom stereocenters. The molecule has 0 saturated carbocycles. The van der Waals surface area contributed by atoms with Crippen LogP contribution in [-0.4, -0.2) is 102 Å². The summed E-state index contributed by atoms with van der Waals surface area (Å²) in [5, 5.41) is 0. The highest BCUT2D eigenvalue weighted by Gasteiger charge is 2.50. The highest BCUT2D eigenvalue weighted by atomic mass is 16.5. The molecule has 0 bridgehead atoms. The summed E-state index contributed by atoms with van der Waals surface area (Å²) in [7, 11) is 2.34. The van der Waals surface area contributed by atoms with Crippen LogP contribution in [0.4, 0.5) is 9.59 Å². The second kappa shape index (κ2) is 11.5. The summed E-state index contributed by atoms with van der Waals surface area (Å²) >= 11 is 0. The van der Waals surface area contributed by atoms with Crippen molar-refractivity contribution >= 4 is 52.7 Å². The molecule has 2 aromatic carbocycles. The van der Waals surface area contributed by atoms with Gasteiger partial charge in [0.05, 0.1) is 26.3 Å². The second-order valence-corrected chi connectivity index (χ2v) is 11.6. The molecule has 2 aromatic rings. The van der Waals surface area contributed by atoms with Crippen molar-refractivity contribution in [3.63, 3.8) is 0 Å². The molecule has 0 N–H and O–H groups in total. The van der Waals surface area contributed by atoms with Crippen molar-refractivity contribution in [3.8, 4) is 0 Å². The Morgan fingerprint density at radius 2 is 0.957 bits per heavy atom. The SMILES string of the molecule is COC(=O)N1CCC[C@H]1C(=O)C1C(=O)c2ccc(C(=O)c3ccc4c(c3)C(=O)C(C(=O)[C@@H]3CCCN3C(=O)OC)C4=O)cc2C1=O. The average molecular weight is 629 g/mol. The van der Waals surface area contributed by atoms with Gasteiger partial charge in [0.25, 0.3) is 0 Å². The van der Waals surface area contributed by atoms with E-state index in [4.69, 9.17) is 9.47 Å². The van der Waals surface area contributed by atoms with Gasteiger partial charge in [0, 0.05) is 46.5 Å². The Morgan fingerprint density at radius 3 is 1.33 bits per heavy atom. The number of benzene rings is 2. The highest BCUT2D eigenvalue weighted by Crippen LogP contribution is 2.35. The minimum Gasteiger partial charge on any atom is -0.453 e. The van der Waals surface area contributed by atoms with E-state index in [0.717, 1.165) is 0 Å². The van der Waals surface area contributed by atoms with Crippen LogP contribution in [0.2, 0.25) is 0 Å². The molecule has 2 saturated heterocycles. The Hall–Kier alpha value is -5.33. The number of rotatable bonds is 6. The minimum absolute atomic E-state index is 0.00548. The Morgan fingerprint density at radius 1 is 0.587 bits per heavy atom. The monoisotopic (exact) mass is 628 g/mol. The number of carbonyl (C=O) groups excluding carboxylic acids is 9. The van der Waals surface area contributed by atoms with Crippen LogP contribution in [0.15, 0.2) is 36.4 Å². The molecule has 2 heterocycles. The summed E-state index contributed by atoms with van der Waals surface area (Å²) in [5.74, 6) is -8.33. The predicted molar refractivity (Wildman–Crippen MR) is 155 cm³/mol. The van der Waals surface area contributed by atoms with Gasteiger partial charge in [-0.05, 0) is 49.9 Å². The van der Waals surface area contributed by atoms with Gasteiger partial charge in [0.2, 0.25) is 0 Å². The van der Waals surface area contributed by atoms with Crippen LogP contribution in [0.5, 0.6) is 0 Å². The first-order valence-corrected chi connectivity index (χ1v) is 14.8. The third kappa shape index (κ3) is 4.65. The lowest BCUT2D eigenvalue weighted by Gasteiger charge is -2.23. The van der Waals surface area contributed by atoms with Crippen LogP contribution in [0.1, 0.15) is 83.0 Å². The van der Waals surface area contributed by atoms with Gasteiger partial charge >= 0.3 is 12.2 Å². The maximum Gasteiger partial charge on any atom is 0.410 e. The van der Waals surface area contributed by atoms with Crippen LogP contribution in [0.3, 0.4) is 0 Å². The molecule has 13 heteroatoms. The van der Waals surface area contributed by atoms with E-state index in [1.165, 1.54) is 60.4 Å². The third-order valence-corrected chi connectivity index (χ3v) is 9.22. The molecular formula is C33H28N2O11. The topological polar surface area (TPSA) is 179 Å². The lowest BCUT2D eigenvalue weighted by atomic mass is 9.92. The molecule has 6 rings (SSSR count). The van der Waals surface area contributed by atoms with E-state index in [0.29, 0.717) is 12.8 Å². The first-order chi connectivity index (χ1) is 22.0. The number of fused-ring (bicyclic) bond motifs is 2. The average Bonchev–Trinajstić information content (AvgIpc) is 3.85. The normalized spacial score (nSPS) is 23.4. The Bertz CT molecular complexity index is 1670. The number of nitrogens with zero attached hydrogens (tertiary/aromatic N) is 2. The van der Waals surface area contributed by atoms with Crippen LogP contribution < -0.4 is 0 Å². The zero-order valence-electron chi connectivity index (χ0n) is 24.9. The molecule has 2 fully saturated rings. The van der Waals surface area contributed by atoms with Crippen molar-refractivity contribution < 1.29 is 52.6 Å². The van der Waals surface area contributed by atoms with Gasteiger partial charge in [0.15, 0.2) is 40.5 Å². The number of methoxy groups -OCH3 is 2. The van der Waals surface area contributed by atoms with E-state index in [-0.39, 0.29) is 59.3 Å². The molecule has 2 aliphatic heterocycles. The van der Waals surface area contributed by atoms with Gasteiger partial charge in [-0.15, -0.1) is 0 Å². The standard InChI is InChI=1S/C33H28N2O11/c1-45-32(43)34-11-3-5-21(34)30(41)23-26(37)17-9-7-15(13-19(17)28(23)39)25(36)16-8-10-18-20(14-16)29(40)24(27(18)38)31(42)22-6-4-12-35(22)33(44)46-2/h7-10,13-14,21-24H,3-6,11-12H2,1-2H3/t21-,22-,23?,24?/m0/s1. The lowest BCUT2D eigenvalue weighted by Crippen LogP contribution is -2.45. The second-order valence-electron chi connectivity index (χ2n) is 11.6. The highest BCUT2D eigenvalue weighted by molar-refractivity contribution is 6.38. The Balaban J connectivity index is 1.23. The number of amides is 2. The van der Waals surface area contributed by atoms with Crippen molar-refractivity contribution in [1.82, 2.24) is 9.80 Å². The van der Waals surface area contributed by atoms with Gasteiger partial charge in [-0.2, -0.15) is 0 Å². The van der Waals surface area contributed by atoms with E-state index < -0.39 is 76.6 Å². The molecule has 46 heavy (non-hydrogen) atoms. The third-order valence-electron chi connectivity index (χ3n) is 9.22. The molecule has 0 spiro atoms. The molecule has 4 aliphatic rings. The van der Waals surface area contributed by atoms with Crippen LogP contribution >= 0.6 is 0 Å². The molecular weight excluding hydrogens is 600 g/mol. The van der Waals surface area contributed by atoms with Crippen molar-refractivity contribution in [2.24, 2.45) is 11.8 Å². The van der Waals surface area contributed by atoms with Crippen LogP contribution in [0.25, 0.3) is 0 Å². The first-order valence-electron chi connectivity index (χ1n) is 14.8. The fourth-order valence-corrected chi connectivity index (χ4v) is 6.93. The van der Waals surface area contributed by atoms with Crippen LogP contribution in [-0.2, 0) is 19.1 Å². The number of likely N-dealkylation sites (tertiary alicyclic amines) is 2. The van der Waals surface area contributed by atoms with Crippen LogP contribution in [0, 0.1) is 11.8 Å². The zero-order chi connectivity index (χ0) is 33.0. The number of hydrogen-bond acceptors (Lipinski definition) is 11. The molecule has 2 aliphatic carbocycles. The molecule has 0 radical (unpaired) electrons.